The third-order valence-electron chi connectivity index (χ3n) is 5.12. The van der Waals surface area contributed by atoms with Gasteiger partial charge in [0.05, 0.1) is 27.3 Å². The highest BCUT2D eigenvalue weighted by Crippen LogP contribution is 2.34. The molecule has 0 unspecified atom stereocenters. The summed E-state index contributed by atoms with van der Waals surface area (Å²) in [4.78, 5) is 41.7. The molecule has 168 valence electrons. The number of nitro benzene ring substituents is 1. The van der Waals surface area contributed by atoms with Gasteiger partial charge in [0, 0.05) is 17.2 Å². The normalized spacial score (nSPS) is 15.7. The molecule has 4 rings (SSSR count). The van der Waals surface area contributed by atoms with E-state index in [2.05, 4.69) is 4.99 Å². The molecule has 1 aromatic heterocycles. The van der Waals surface area contributed by atoms with E-state index < -0.39 is 16.9 Å². The SMILES string of the molecule is CCOC(=O)C1=C(C)N=c2sc(=Cc3ccc([N+](=O)[O-])cc3)c(=O)n2[C@H]1c1ccccc1Cl. The molecular formula is C23H18ClN3O5S. The highest BCUT2D eigenvalue weighted by atomic mass is 35.5. The maximum atomic E-state index is 13.5. The Morgan fingerprint density at radius 3 is 2.61 bits per heavy atom. The van der Waals surface area contributed by atoms with E-state index in [0.29, 0.717) is 31.2 Å². The van der Waals surface area contributed by atoms with Crippen LogP contribution in [0.2, 0.25) is 5.02 Å². The van der Waals surface area contributed by atoms with Gasteiger partial charge in [0.25, 0.3) is 11.2 Å². The fraction of sp³-hybridized carbons (Fsp3) is 0.174. The Morgan fingerprint density at radius 1 is 1.27 bits per heavy atom. The van der Waals surface area contributed by atoms with Crippen LogP contribution >= 0.6 is 22.9 Å². The first kappa shape index (κ1) is 22.6. The second kappa shape index (κ2) is 9.13. The van der Waals surface area contributed by atoms with Crippen LogP contribution in [0, 0.1) is 10.1 Å². The van der Waals surface area contributed by atoms with Gasteiger partial charge in [-0.25, -0.2) is 9.79 Å². The van der Waals surface area contributed by atoms with E-state index in [-0.39, 0.29) is 23.4 Å². The third-order valence-corrected chi connectivity index (χ3v) is 6.45. The van der Waals surface area contributed by atoms with E-state index in [4.69, 9.17) is 16.3 Å². The maximum Gasteiger partial charge on any atom is 0.338 e. The van der Waals surface area contributed by atoms with E-state index in [1.807, 2.05) is 0 Å². The number of esters is 1. The summed E-state index contributed by atoms with van der Waals surface area (Å²) in [5.41, 5.74) is 1.51. The van der Waals surface area contributed by atoms with Crippen molar-refractivity contribution in [1.82, 2.24) is 4.57 Å². The zero-order valence-electron chi connectivity index (χ0n) is 17.6. The topological polar surface area (TPSA) is 104 Å². The molecule has 8 nitrogen and oxygen atoms in total. The first-order chi connectivity index (χ1) is 15.8. The lowest BCUT2D eigenvalue weighted by Gasteiger charge is -2.25. The summed E-state index contributed by atoms with van der Waals surface area (Å²) in [5.74, 6) is -0.562. The molecule has 10 heteroatoms. The van der Waals surface area contributed by atoms with Gasteiger partial charge in [0.15, 0.2) is 4.80 Å². The number of hydrogen-bond acceptors (Lipinski definition) is 7. The molecule has 2 aromatic carbocycles. The van der Waals surface area contributed by atoms with Gasteiger partial charge in [-0.05, 0) is 49.2 Å². The second-order valence-corrected chi connectivity index (χ2v) is 8.59. The van der Waals surface area contributed by atoms with Gasteiger partial charge in [0.2, 0.25) is 0 Å². The number of nitro groups is 1. The highest BCUT2D eigenvalue weighted by Gasteiger charge is 2.34. The Morgan fingerprint density at radius 2 is 1.97 bits per heavy atom. The lowest BCUT2D eigenvalue weighted by Crippen LogP contribution is -2.40. The fourth-order valence-electron chi connectivity index (χ4n) is 3.63. The Kier molecular flexibility index (Phi) is 6.26. The Balaban J connectivity index is 1.93. The summed E-state index contributed by atoms with van der Waals surface area (Å²) >= 11 is 7.64. The maximum absolute atomic E-state index is 13.5. The molecular weight excluding hydrogens is 466 g/mol. The molecule has 0 saturated heterocycles. The predicted octanol–water partition coefficient (Wildman–Crippen LogP) is 3.36. The number of carbonyl (C=O) groups excluding carboxylic acids is 1. The molecule has 33 heavy (non-hydrogen) atoms. The van der Waals surface area contributed by atoms with Gasteiger partial charge in [-0.3, -0.25) is 19.5 Å². The van der Waals surface area contributed by atoms with Crippen LogP contribution in [0.25, 0.3) is 6.08 Å². The molecule has 0 spiro atoms. The quantitative estimate of drug-likeness (QED) is 0.314. The number of carbonyl (C=O) groups is 1. The van der Waals surface area contributed by atoms with Crippen molar-refractivity contribution in [2.45, 2.75) is 19.9 Å². The number of nitrogens with zero attached hydrogens (tertiary/aromatic N) is 3. The third kappa shape index (κ3) is 4.24. The van der Waals surface area contributed by atoms with Crippen molar-refractivity contribution < 1.29 is 14.5 Å². The number of halogens is 1. The molecule has 2 heterocycles. The van der Waals surface area contributed by atoms with Crippen LogP contribution in [0.4, 0.5) is 5.69 Å². The molecule has 1 atom stereocenters. The minimum Gasteiger partial charge on any atom is -0.463 e. The number of allylic oxidation sites excluding steroid dienone is 1. The molecule has 0 aliphatic carbocycles. The molecule has 0 N–H and O–H groups in total. The number of hydrogen-bond donors (Lipinski definition) is 0. The van der Waals surface area contributed by atoms with Gasteiger partial charge >= 0.3 is 5.97 Å². The van der Waals surface area contributed by atoms with Crippen molar-refractivity contribution >= 4 is 40.7 Å². The number of thiazole rings is 1. The van der Waals surface area contributed by atoms with E-state index in [0.717, 1.165) is 0 Å². The summed E-state index contributed by atoms with van der Waals surface area (Å²) in [5, 5.41) is 11.3. The highest BCUT2D eigenvalue weighted by molar-refractivity contribution is 7.07. The van der Waals surface area contributed by atoms with Crippen LogP contribution in [0.15, 0.2) is 69.6 Å². The van der Waals surface area contributed by atoms with Crippen molar-refractivity contribution in [2.24, 2.45) is 4.99 Å². The van der Waals surface area contributed by atoms with Crippen molar-refractivity contribution in [3.8, 4) is 0 Å². The fourth-order valence-corrected chi connectivity index (χ4v) is 4.91. The summed E-state index contributed by atoms with van der Waals surface area (Å²) in [6, 6.07) is 12.1. The average molecular weight is 484 g/mol. The number of aromatic nitrogens is 1. The van der Waals surface area contributed by atoms with Gasteiger partial charge in [-0.15, -0.1) is 0 Å². The van der Waals surface area contributed by atoms with Gasteiger partial charge in [-0.2, -0.15) is 0 Å². The average Bonchev–Trinajstić information content (AvgIpc) is 3.08. The van der Waals surface area contributed by atoms with E-state index in [9.17, 15) is 19.7 Å². The van der Waals surface area contributed by atoms with Crippen molar-refractivity contribution in [2.75, 3.05) is 6.61 Å². The summed E-state index contributed by atoms with van der Waals surface area (Å²) < 4.78 is 7.08. The van der Waals surface area contributed by atoms with Crippen LogP contribution in [0.3, 0.4) is 0 Å². The van der Waals surface area contributed by atoms with Crippen LogP contribution < -0.4 is 14.9 Å². The number of benzene rings is 2. The lowest BCUT2D eigenvalue weighted by molar-refractivity contribution is -0.384. The van der Waals surface area contributed by atoms with Crippen LogP contribution in [0.5, 0.6) is 0 Å². The second-order valence-electron chi connectivity index (χ2n) is 7.17. The molecule has 0 fully saturated rings. The van der Waals surface area contributed by atoms with Crippen molar-refractivity contribution in [3.05, 3.63) is 106 Å². The van der Waals surface area contributed by atoms with Crippen molar-refractivity contribution in [1.29, 1.82) is 0 Å². The van der Waals surface area contributed by atoms with Gasteiger partial charge < -0.3 is 4.74 Å². The van der Waals surface area contributed by atoms with E-state index >= 15 is 0 Å². The zero-order chi connectivity index (χ0) is 23.7. The molecule has 0 radical (unpaired) electrons. The van der Waals surface area contributed by atoms with Crippen LogP contribution in [0.1, 0.15) is 31.0 Å². The number of ether oxygens (including phenoxy) is 1. The van der Waals surface area contributed by atoms with Gasteiger partial charge in [-0.1, -0.05) is 41.1 Å². The smallest absolute Gasteiger partial charge is 0.338 e. The molecule has 3 aromatic rings. The number of non-ortho nitro benzene ring substituents is 1. The van der Waals surface area contributed by atoms with Crippen LogP contribution in [-0.4, -0.2) is 22.1 Å². The first-order valence-corrected chi connectivity index (χ1v) is 11.2. The lowest BCUT2D eigenvalue weighted by atomic mass is 9.96. The summed E-state index contributed by atoms with van der Waals surface area (Å²) in [6.07, 6.45) is 1.64. The predicted molar refractivity (Wildman–Crippen MR) is 125 cm³/mol. The molecule has 0 amide bonds. The Hall–Kier alpha value is -3.56. The summed E-state index contributed by atoms with van der Waals surface area (Å²) in [7, 11) is 0. The molecule has 0 bridgehead atoms. The minimum atomic E-state index is -0.798. The van der Waals surface area contributed by atoms with Crippen LogP contribution in [-0.2, 0) is 9.53 Å². The monoisotopic (exact) mass is 483 g/mol. The van der Waals surface area contributed by atoms with E-state index in [1.165, 1.54) is 28.0 Å². The largest absolute Gasteiger partial charge is 0.463 e. The van der Waals surface area contributed by atoms with E-state index in [1.54, 1.807) is 56.3 Å². The minimum absolute atomic E-state index is 0.0398. The molecule has 0 saturated carbocycles. The Bertz CT molecular complexity index is 1470. The van der Waals surface area contributed by atoms with Gasteiger partial charge in [0.1, 0.15) is 6.04 Å². The zero-order valence-corrected chi connectivity index (χ0v) is 19.2. The number of rotatable bonds is 5. The first-order valence-electron chi connectivity index (χ1n) is 10.0. The standard InChI is InChI=1S/C23H18ClN3O5S/c1-3-32-22(29)19-13(2)25-23-26(20(19)16-6-4-5-7-17(16)24)21(28)18(33-23)12-14-8-10-15(11-9-14)27(30)31/h4-12,20H,3H2,1-2H3/t20-/m0/s1. The number of fused-ring (bicyclic) bond motifs is 1. The molecule has 1 aliphatic rings. The summed E-state index contributed by atoms with van der Waals surface area (Å²) in [6.45, 7) is 3.58. The Labute approximate surface area is 196 Å². The van der Waals surface area contributed by atoms with Crippen molar-refractivity contribution in [3.63, 3.8) is 0 Å². The molecule has 1 aliphatic heterocycles.